The summed E-state index contributed by atoms with van der Waals surface area (Å²) in [5.74, 6) is 1.26. The van der Waals surface area contributed by atoms with Crippen molar-refractivity contribution in [1.82, 2.24) is 4.90 Å². The van der Waals surface area contributed by atoms with Crippen molar-refractivity contribution >= 4 is 0 Å². The lowest BCUT2D eigenvalue weighted by atomic mass is 9.81. The van der Waals surface area contributed by atoms with Gasteiger partial charge in [0.05, 0.1) is 0 Å². The zero-order valence-electron chi connectivity index (χ0n) is 9.02. The highest BCUT2D eigenvalue weighted by Gasteiger charge is 2.31. The van der Waals surface area contributed by atoms with Gasteiger partial charge in [-0.3, -0.25) is 0 Å². The van der Waals surface area contributed by atoms with Crippen molar-refractivity contribution in [3.8, 4) is 0 Å². The molecule has 0 unspecified atom stereocenters. The lowest BCUT2D eigenvalue weighted by molar-refractivity contribution is 0.205. The number of nitrogens with zero attached hydrogens (tertiary/aromatic N) is 1. The van der Waals surface area contributed by atoms with E-state index in [1.54, 1.807) is 0 Å². The minimum Gasteiger partial charge on any atom is -0.372 e. The third kappa shape index (κ3) is 1.46. The molecule has 4 rings (SSSR count). The summed E-state index contributed by atoms with van der Waals surface area (Å²) in [6.07, 6.45) is 13.7. The van der Waals surface area contributed by atoms with Gasteiger partial charge in [-0.05, 0) is 24.3 Å². The van der Waals surface area contributed by atoms with E-state index in [1.165, 1.54) is 37.2 Å². The molecule has 0 atom stereocenters. The van der Waals surface area contributed by atoms with Gasteiger partial charge in [-0.25, -0.2) is 0 Å². The molecule has 2 bridgehead atoms. The van der Waals surface area contributed by atoms with Crippen molar-refractivity contribution in [2.45, 2.75) is 12.8 Å². The van der Waals surface area contributed by atoms with Crippen LogP contribution in [0.1, 0.15) is 12.8 Å². The third-order valence-corrected chi connectivity index (χ3v) is 3.79. The summed E-state index contributed by atoms with van der Waals surface area (Å²) in [6.45, 7) is 6.73. The summed E-state index contributed by atoms with van der Waals surface area (Å²) in [7, 11) is 0. The first-order valence-corrected chi connectivity index (χ1v) is 5.85. The Kier molecular flexibility index (Phi) is 2.05. The monoisotopic (exact) mass is 199 g/mol. The number of fused-ring (bicyclic) bond motifs is 3. The summed E-state index contributed by atoms with van der Waals surface area (Å²) >= 11 is 0. The molecule has 15 heavy (non-hydrogen) atoms. The van der Waals surface area contributed by atoms with E-state index in [0.717, 1.165) is 5.92 Å². The van der Waals surface area contributed by atoms with Crippen LogP contribution in [-0.4, -0.2) is 18.0 Å². The molecule has 0 aromatic heterocycles. The standard InChI is InChI=1S/C14H17N/c1-11-13-6-8-15(9-7-13)14(11)10-12-4-2-3-5-12/h2-5,10,12-13H,1,6-9H2. The van der Waals surface area contributed by atoms with Crippen LogP contribution in [0.2, 0.25) is 0 Å². The number of piperidine rings is 3. The fourth-order valence-corrected chi connectivity index (χ4v) is 2.84. The maximum absolute atomic E-state index is 4.26. The van der Waals surface area contributed by atoms with Crippen LogP contribution in [0, 0.1) is 11.8 Å². The Morgan fingerprint density at radius 3 is 2.47 bits per heavy atom. The molecule has 0 amide bonds. The van der Waals surface area contributed by atoms with Crippen LogP contribution < -0.4 is 0 Å². The molecule has 0 saturated carbocycles. The SMILES string of the molecule is C=C1C(=CC2C=CC=C2)N2CCC1CC2. The third-order valence-electron chi connectivity index (χ3n) is 3.79. The van der Waals surface area contributed by atoms with E-state index < -0.39 is 0 Å². The van der Waals surface area contributed by atoms with E-state index >= 15 is 0 Å². The number of hydrogen-bond acceptors (Lipinski definition) is 1. The Morgan fingerprint density at radius 1 is 1.20 bits per heavy atom. The van der Waals surface area contributed by atoms with Gasteiger partial charge >= 0.3 is 0 Å². The normalized spacial score (nSPS) is 28.7. The predicted octanol–water partition coefficient (Wildman–Crippen LogP) is 2.89. The largest absolute Gasteiger partial charge is 0.372 e. The van der Waals surface area contributed by atoms with E-state index in [-0.39, 0.29) is 0 Å². The Balaban J connectivity index is 1.88. The van der Waals surface area contributed by atoms with Crippen molar-refractivity contribution in [2.75, 3.05) is 13.1 Å². The van der Waals surface area contributed by atoms with Gasteiger partial charge in [0.1, 0.15) is 0 Å². The average molecular weight is 199 g/mol. The van der Waals surface area contributed by atoms with Gasteiger partial charge in [-0.2, -0.15) is 0 Å². The number of hydrogen-bond donors (Lipinski definition) is 0. The average Bonchev–Trinajstić information content (AvgIpc) is 2.77. The Morgan fingerprint density at radius 2 is 1.87 bits per heavy atom. The molecule has 0 N–H and O–H groups in total. The zero-order valence-corrected chi connectivity index (χ0v) is 9.02. The van der Waals surface area contributed by atoms with Crippen LogP contribution in [0.5, 0.6) is 0 Å². The number of allylic oxidation sites excluding steroid dienone is 6. The van der Waals surface area contributed by atoms with E-state index in [4.69, 9.17) is 0 Å². The molecule has 0 radical (unpaired) electrons. The molecule has 3 heterocycles. The van der Waals surface area contributed by atoms with Crippen molar-refractivity contribution < 1.29 is 0 Å². The van der Waals surface area contributed by atoms with E-state index in [0.29, 0.717) is 5.92 Å². The molecule has 1 heteroatoms. The second-order valence-electron chi connectivity index (χ2n) is 4.69. The summed E-state index contributed by atoms with van der Waals surface area (Å²) < 4.78 is 0. The molecule has 4 aliphatic rings. The van der Waals surface area contributed by atoms with Gasteiger partial charge in [0.15, 0.2) is 0 Å². The molecule has 1 aliphatic carbocycles. The lowest BCUT2D eigenvalue weighted by Crippen LogP contribution is -2.41. The Hall–Kier alpha value is -1.24. The van der Waals surface area contributed by atoms with Crippen LogP contribution in [0.3, 0.4) is 0 Å². The zero-order chi connectivity index (χ0) is 10.3. The fourth-order valence-electron chi connectivity index (χ4n) is 2.84. The van der Waals surface area contributed by atoms with E-state index in [2.05, 4.69) is 41.9 Å². The van der Waals surface area contributed by atoms with E-state index in [1.807, 2.05) is 0 Å². The van der Waals surface area contributed by atoms with Crippen molar-refractivity contribution in [2.24, 2.45) is 11.8 Å². The maximum atomic E-state index is 4.26. The van der Waals surface area contributed by atoms with Gasteiger partial charge in [0.2, 0.25) is 0 Å². The molecular weight excluding hydrogens is 182 g/mol. The van der Waals surface area contributed by atoms with Crippen LogP contribution in [0.15, 0.2) is 48.2 Å². The predicted molar refractivity (Wildman–Crippen MR) is 63.3 cm³/mol. The molecule has 3 fully saturated rings. The highest BCUT2D eigenvalue weighted by atomic mass is 15.2. The second kappa shape index (κ2) is 3.41. The molecule has 0 aromatic rings. The van der Waals surface area contributed by atoms with Crippen molar-refractivity contribution in [3.05, 3.63) is 48.2 Å². The summed E-state index contributed by atoms with van der Waals surface area (Å²) in [4.78, 5) is 2.50. The summed E-state index contributed by atoms with van der Waals surface area (Å²) in [5, 5.41) is 0. The first kappa shape index (κ1) is 9.02. The van der Waals surface area contributed by atoms with Crippen LogP contribution in [-0.2, 0) is 0 Å². The fraction of sp³-hybridized carbons (Fsp3) is 0.429. The lowest BCUT2D eigenvalue weighted by Gasteiger charge is -2.44. The first-order valence-electron chi connectivity index (χ1n) is 5.85. The van der Waals surface area contributed by atoms with Gasteiger partial charge in [-0.15, -0.1) is 0 Å². The quantitative estimate of drug-likeness (QED) is 0.627. The summed E-state index contributed by atoms with van der Waals surface area (Å²) in [6, 6.07) is 0. The molecular formula is C14H17N. The van der Waals surface area contributed by atoms with Crippen LogP contribution >= 0.6 is 0 Å². The smallest absolute Gasteiger partial charge is 0.0364 e. The van der Waals surface area contributed by atoms with Crippen LogP contribution in [0.4, 0.5) is 0 Å². The molecule has 0 aromatic carbocycles. The van der Waals surface area contributed by atoms with Gasteiger partial charge in [0, 0.05) is 24.7 Å². The van der Waals surface area contributed by atoms with Crippen LogP contribution in [0.25, 0.3) is 0 Å². The van der Waals surface area contributed by atoms with Gasteiger partial charge < -0.3 is 4.90 Å². The van der Waals surface area contributed by atoms with E-state index in [9.17, 15) is 0 Å². The minimum atomic E-state index is 0.496. The molecule has 3 saturated heterocycles. The highest BCUT2D eigenvalue weighted by molar-refractivity contribution is 5.37. The summed E-state index contributed by atoms with van der Waals surface area (Å²) in [5.41, 5.74) is 2.79. The second-order valence-corrected chi connectivity index (χ2v) is 4.69. The highest BCUT2D eigenvalue weighted by Crippen LogP contribution is 2.38. The van der Waals surface area contributed by atoms with Gasteiger partial charge in [0.25, 0.3) is 0 Å². The topological polar surface area (TPSA) is 3.24 Å². The van der Waals surface area contributed by atoms with Crippen molar-refractivity contribution in [1.29, 1.82) is 0 Å². The first-order chi connectivity index (χ1) is 7.34. The molecule has 3 aliphatic heterocycles. The number of rotatable bonds is 1. The minimum absolute atomic E-state index is 0.496. The van der Waals surface area contributed by atoms with Crippen molar-refractivity contribution in [3.63, 3.8) is 0 Å². The molecule has 0 spiro atoms. The molecule has 1 nitrogen and oxygen atoms in total. The Bertz CT molecular complexity index is 353. The molecule has 78 valence electrons. The van der Waals surface area contributed by atoms with Gasteiger partial charge in [-0.1, -0.05) is 37.0 Å². The Labute approximate surface area is 91.5 Å². The maximum Gasteiger partial charge on any atom is 0.0364 e.